The van der Waals surface area contributed by atoms with E-state index >= 15 is 0 Å². The van der Waals surface area contributed by atoms with Crippen molar-refractivity contribution in [3.63, 3.8) is 0 Å². The van der Waals surface area contributed by atoms with E-state index in [9.17, 15) is 14.4 Å². The molecule has 2 aliphatic rings. The smallest absolute Gasteiger partial charge is 0.294 e. The van der Waals surface area contributed by atoms with Gasteiger partial charge in [-0.2, -0.15) is 0 Å². The van der Waals surface area contributed by atoms with Gasteiger partial charge in [-0.25, -0.2) is 0 Å². The van der Waals surface area contributed by atoms with Crippen molar-refractivity contribution in [1.82, 2.24) is 4.90 Å². The molecule has 1 fully saturated rings. The van der Waals surface area contributed by atoms with Crippen molar-refractivity contribution in [2.24, 2.45) is 0 Å². The molecule has 38 heavy (non-hydrogen) atoms. The fourth-order valence-electron chi connectivity index (χ4n) is 5.23. The number of thioether (sulfide) groups is 1. The summed E-state index contributed by atoms with van der Waals surface area (Å²) in [5.41, 5.74) is 5.79. The molecule has 2 heterocycles. The summed E-state index contributed by atoms with van der Waals surface area (Å²) in [5.74, 6) is -0.207. The van der Waals surface area contributed by atoms with Gasteiger partial charge in [0.15, 0.2) is 0 Å². The molecule has 0 saturated carbocycles. The Hall–Kier alpha value is -3.52. The summed E-state index contributed by atoms with van der Waals surface area (Å²) < 4.78 is 5.41. The zero-order chi connectivity index (χ0) is 27.8. The number of carbonyl (C=O) groups excluding carboxylic acids is 3. The molecule has 7 nitrogen and oxygen atoms in total. The first-order valence-electron chi connectivity index (χ1n) is 12.8. The number of anilines is 2. The molecular weight excluding hydrogens is 498 g/mol. The number of benzene rings is 2. The molecule has 0 atom stereocenters. The van der Waals surface area contributed by atoms with Gasteiger partial charge in [-0.15, -0.1) is 0 Å². The van der Waals surface area contributed by atoms with Crippen LogP contribution in [0, 0.1) is 6.92 Å². The van der Waals surface area contributed by atoms with Crippen molar-refractivity contribution in [3.05, 3.63) is 64.1 Å². The Morgan fingerprint density at radius 3 is 2.45 bits per heavy atom. The van der Waals surface area contributed by atoms with Crippen LogP contribution in [0.3, 0.4) is 0 Å². The van der Waals surface area contributed by atoms with Crippen LogP contribution in [0.1, 0.15) is 58.2 Å². The molecule has 8 heteroatoms. The summed E-state index contributed by atoms with van der Waals surface area (Å²) in [4.78, 5) is 42.1. The number of rotatable bonds is 7. The molecule has 3 amide bonds. The second-order valence-corrected chi connectivity index (χ2v) is 11.4. The summed E-state index contributed by atoms with van der Waals surface area (Å²) in [6.07, 6.45) is 4.03. The molecule has 0 radical (unpaired) electrons. The SMILES string of the molecule is CCOc1ccc(NC(=O)CN2C(=O)S/C(=C\c3cc4c(cc3C)N(C(C)C)C(C)(C)C=C4C)C2=O)cc1. The van der Waals surface area contributed by atoms with E-state index in [1.165, 1.54) is 11.3 Å². The Kier molecular flexibility index (Phi) is 7.74. The molecule has 0 unspecified atom stereocenters. The Morgan fingerprint density at radius 1 is 1.13 bits per heavy atom. The van der Waals surface area contributed by atoms with Gasteiger partial charge in [-0.05, 0) is 119 Å². The first-order valence-corrected chi connectivity index (χ1v) is 13.6. The van der Waals surface area contributed by atoms with Crippen LogP contribution in [0.25, 0.3) is 11.6 Å². The lowest BCUT2D eigenvalue weighted by atomic mass is 9.86. The highest BCUT2D eigenvalue weighted by molar-refractivity contribution is 8.18. The fourth-order valence-corrected chi connectivity index (χ4v) is 6.06. The quantitative estimate of drug-likeness (QED) is 0.411. The van der Waals surface area contributed by atoms with Crippen LogP contribution < -0.4 is 15.0 Å². The van der Waals surface area contributed by atoms with Crippen molar-refractivity contribution >= 4 is 51.8 Å². The van der Waals surface area contributed by atoms with Crippen LogP contribution in [0.5, 0.6) is 5.75 Å². The van der Waals surface area contributed by atoms with Gasteiger partial charge in [0.25, 0.3) is 11.1 Å². The minimum Gasteiger partial charge on any atom is -0.494 e. The van der Waals surface area contributed by atoms with E-state index in [0.29, 0.717) is 29.0 Å². The number of carbonyl (C=O) groups is 3. The molecule has 2 aromatic carbocycles. The highest BCUT2D eigenvalue weighted by Crippen LogP contribution is 2.42. The Balaban J connectivity index is 1.53. The third kappa shape index (κ3) is 5.50. The van der Waals surface area contributed by atoms with Crippen LogP contribution in [-0.4, -0.2) is 46.7 Å². The van der Waals surface area contributed by atoms with Crippen LogP contribution in [-0.2, 0) is 9.59 Å². The third-order valence-corrected chi connectivity index (χ3v) is 7.59. The van der Waals surface area contributed by atoms with Crippen molar-refractivity contribution < 1.29 is 19.1 Å². The normalized spacial score (nSPS) is 17.7. The molecule has 2 aromatic rings. The van der Waals surface area contributed by atoms with Gasteiger partial charge < -0.3 is 15.0 Å². The Bertz CT molecular complexity index is 1340. The summed E-state index contributed by atoms with van der Waals surface area (Å²) in [7, 11) is 0. The Labute approximate surface area is 228 Å². The minimum absolute atomic E-state index is 0.117. The van der Waals surface area contributed by atoms with Gasteiger partial charge in [0.2, 0.25) is 5.91 Å². The molecule has 0 aliphatic carbocycles. The molecule has 0 aromatic heterocycles. The zero-order valence-electron chi connectivity index (χ0n) is 23.0. The number of aryl methyl sites for hydroxylation is 1. The maximum atomic E-state index is 13.1. The van der Waals surface area contributed by atoms with E-state index in [-0.39, 0.29) is 12.1 Å². The lowest BCUT2D eigenvalue weighted by Crippen LogP contribution is -2.49. The molecule has 1 saturated heterocycles. The van der Waals surface area contributed by atoms with E-state index < -0.39 is 17.1 Å². The highest BCUT2D eigenvalue weighted by atomic mass is 32.2. The molecule has 2 aliphatic heterocycles. The minimum atomic E-state index is -0.462. The maximum absolute atomic E-state index is 13.1. The van der Waals surface area contributed by atoms with Crippen LogP contribution in [0.15, 0.2) is 47.4 Å². The number of imide groups is 1. The number of allylic oxidation sites excluding steroid dienone is 1. The molecule has 1 N–H and O–H groups in total. The van der Waals surface area contributed by atoms with Gasteiger partial charge in [0.1, 0.15) is 12.3 Å². The van der Waals surface area contributed by atoms with Gasteiger partial charge in [0, 0.05) is 23.0 Å². The monoisotopic (exact) mass is 533 g/mol. The van der Waals surface area contributed by atoms with Crippen molar-refractivity contribution in [2.45, 2.75) is 60.0 Å². The average Bonchev–Trinajstić information content (AvgIpc) is 3.08. The highest BCUT2D eigenvalue weighted by Gasteiger charge is 2.37. The average molecular weight is 534 g/mol. The lowest BCUT2D eigenvalue weighted by Gasteiger charge is -2.46. The second kappa shape index (κ2) is 10.7. The molecule has 0 bridgehead atoms. The van der Waals surface area contributed by atoms with E-state index in [1.807, 2.05) is 13.8 Å². The molecule has 0 spiro atoms. The summed E-state index contributed by atoms with van der Waals surface area (Å²) >= 11 is 0.861. The van der Waals surface area contributed by atoms with Gasteiger partial charge in [-0.1, -0.05) is 6.08 Å². The summed E-state index contributed by atoms with van der Waals surface area (Å²) in [6.45, 7) is 15.0. The first kappa shape index (κ1) is 27.5. The standard InChI is InChI=1S/C30H35N3O4S/c1-8-37-23-11-9-22(10-12-23)31-27(34)17-32-28(35)26(38-29(32)36)15-21-14-24-20(5)16-30(6,7)33(18(2)3)25(24)13-19(21)4/h9-16,18H,8,17H2,1-7H3,(H,31,34)/b26-15-. The molecule has 200 valence electrons. The number of amides is 3. The predicted molar refractivity (Wildman–Crippen MR) is 155 cm³/mol. The van der Waals surface area contributed by atoms with Gasteiger partial charge in [-0.3, -0.25) is 19.3 Å². The zero-order valence-corrected chi connectivity index (χ0v) is 23.9. The topological polar surface area (TPSA) is 79.0 Å². The van der Waals surface area contributed by atoms with Crippen molar-refractivity contribution in [3.8, 4) is 5.75 Å². The van der Waals surface area contributed by atoms with Gasteiger partial charge in [0.05, 0.1) is 17.1 Å². The second-order valence-electron chi connectivity index (χ2n) is 10.4. The summed E-state index contributed by atoms with van der Waals surface area (Å²) in [6, 6.07) is 11.5. The molecule has 4 rings (SSSR count). The van der Waals surface area contributed by atoms with E-state index in [0.717, 1.165) is 33.4 Å². The van der Waals surface area contributed by atoms with E-state index in [4.69, 9.17) is 4.74 Å². The number of fused-ring (bicyclic) bond motifs is 1. The number of hydrogen-bond donors (Lipinski definition) is 1. The number of ether oxygens (including phenoxy) is 1. The lowest BCUT2D eigenvalue weighted by molar-refractivity contribution is -0.127. The molecular formula is C30H35N3O4S. The van der Waals surface area contributed by atoms with Crippen molar-refractivity contribution in [1.29, 1.82) is 0 Å². The Morgan fingerprint density at radius 2 is 1.82 bits per heavy atom. The number of hydrogen-bond acceptors (Lipinski definition) is 6. The fraction of sp³-hybridized carbons (Fsp3) is 0.367. The largest absolute Gasteiger partial charge is 0.494 e. The number of nitrogens with zero attached hydrogens (tertiary/aromatic N) is 2. The predicted octanol–water partition coefficient (Wildman–Crippen LogP) is 6.48. The van der Waals surface area contributed by atoms with Gasteiger partial charge >= 0.3 is 0 Å². The van der Waals surface area contributed by atoms with E-state index in [2.05, 4.69) is 63.0 Å². The third-order valence-electron chi connectivity index (χ3n) is 6.69. The summed E-state index contributed by atoms with van der Waals surface area (Å²) in [5, 5.41) is 2.28. The van der Waals surface area contributed by atoms with Crippen LogP contribution in [0.2, 0.25) is 0 Å². The van der Waals surface area contributed by atoms with E-state index in [1.54, 1.807) is 30.3 Å². The number of nitrogens with one attached hydrogen (secondary N) is 1. The first-order chi connectivity index (χ1) is 17.9. The van der Waals surface area contributed by atoms with Crippen LogP contribution >= 0.6 is 11.8 Å². The maximum Gasteiger partial charge on any atom is 0.294 e. The van der Waals surface area contributed by atoms with Crippen molar-refractivity contribution in [2.75, 3.05) is 23.4 Å². The van der Waals surface area contributed by atoms with Crippen LogP contribution in [0.4, 0.5) is 16.2 Å².